The van der Waals surface area contributed by atoms with Crippen LogP contribution < -0.4 is 11.1 Å². The van der Waals surface area contributed by atoms with E-state index in [-0.39, 0.29) is 5.82 Å². The minimum atomic E-state index is -0.712. The van der Waals surface area contributed by atoms with E-state index in [0.29, 0.717) is 27.8 Å². The maximum atomic E-state index is 12.8. The van der Waals surface area contributed by atoms with Crippen molar-refractivity contribution in [1.82, 2.24) is 5.32 Å². The van der Waals surface area contributed by atoms with Crippen LogP contribution in [0.1, 0.15) is 23.7 Å². The van der Waals surface area contributed by atoms with Crippen molar-refractivity contribution < 1.29 is 9.50 Å². The fraction of sp³-hybridized carbons (Fsp3) is 0.294. The minimum Gasteiger partial charge on any atom is -0.396 e. The zero-order valence-electron chi connectivity index (χ0n) is 12.5. The standard InChI is InChI=1S/C17H19Cl2FN2O/c18-14-8-12(9-15(19)17(14)21)16(23)10-22-7-1-2-11-3-5-13(20)6-4-11/h3-6,8-9,16,22-23H,1-2,7,10,21H2. The molecule has 0 heterocycles. The van der Waals surface area contributed by atoms with Crippen molar-refractivity contribution in [2.45, 2.75) is 18.9 Å². The van der Waals surface area contributed by atoms with Crippen LogP contribution in [0, 0.1) is 5.82 Å². The molecule has 0 aliphatic rings. The minimum absolute atomic E-state index is 0.226. The molecule has 6 heteroatoms. The van der Waals surface area contributed by atoms with E-state index in [2.05, 4.69) is 5.32 Å². The predicted octanol–water partition coefficient (Wildman–Crippen LogP) is 3.97. The van der Waals surface area contributed by atoms with Crippen LogP contribution in [0.3, 0.4) is 0 Å². The lowest BCUT2D eigenvalue weighted by Gasteiger charge is -2.14. The predicted molar refractivity (Wildman–Crippen MR) is 93.4 cm³/mol. The van der Waals surface area contributed by atoms with Crippen molar-refractivity contribution in [2.75, 3.05) is 18.8 Å². The highest BCUT2D eigenvalue weighted by Gasteiger charge is 2.11. The van der Waals surface area contributed by atoms with E-state index in [4.69, 9.17) is 28.9 Å². The second-order valence-electron chi connectivity index (χ2n) is 5.35. The number of hydrogen-bond donors (Lipinski definition) is 3. The van der Waals surface area contributed by atoms with E-state index in [1.165, 1.54) is 12.1 Å². The van der Waals surface area contributed by atoms with Crippen molar-refractivity contribution >= 4 is 28.9 Å². The summed E-state index contributed by atoms with van der Waals surface area (Å²) in [5.74, 6) is -0.226. The van der Waals surface area contributed by atoms with Gasteiger partial charge in [-0.25, -0.2) is 4.39 Å². The van der Waals surface area contributed by atoms with Crippen LogP contribution in [0.25, 0.3) is 0 Å². The molecule has 0 radical (unpaired) electrons. The number of aryl methyl sites for hydroxylation is 1. The van der Waals surface area contributed by atoms with Crippen LogP contribution in [0.2, 0.25) is 10.0 Å². The Morgan fingerprint density at radius 2 is 1.74 bits per heavy atom. The lowest BCUT2D eigenvalue weighted by molar-refractivity contribution is 0.175. The molecule has 0 saturated heterocycles. The summed E-state index contributed by atoms with van der Waals surface area (Å²) >= 11 is 11.9. The molecule has 0 amide bonds. The van der Waals surface area contributed by atoms with E-state index < -0.39 is 6.10 Å². The zero-order chi connectivity index (χ0) is 16.8. The summed E-state index contributed by atoms with van der Waals surface area (Å²) in [6, 6.07) is 9.72. The van der Waals surface area contributed by atoms with E-state index in [9.17, 15) is 9.50 Å². The van der Waals surface area contributed by atoms with Crippen LogP contribution in [0.15, 0.2) is 36.4 Å². The first kappa shape index (κ1) is 18.0. The lowest BCUT2D eigenvalue weighted by atomic mass is 10.1. The Morgan fingerprint density at radius 3 is 2.35 bits per heavy atom. The second kappa shape index (κ2) is 8.50. The van der Waals surface area contributed by atoms with Gasteiger partial charge in [0.05, 0.1) is 21.8 Å². The largest absolute Gasteiger partial charge is 0.396 e. The normalized spacial score (nSPS) is 12.3. The molecule has 3 nitrogen and oxygen atoms in total. The van der Waals surface area contributed by atoms with Crippen molar-refractivity contribution in [3.8, 4) is 0 Å². The Bertz CT molecular complexity index is 627. The Balaban J connectivity index is 1.74. The van der Waals surface area contributed by atoms with Gasteiger partial charge in [-0.05, 0) is 54.8 Å². The third-order valence-corrected chi connectivity index (χ3v) is 4.18. The van der Waals surface area contributed by atoms with Crippen LogP contribution in [0.5, 0.6) is 0 Å². The van der Waals surface area contributed by atoms with Gasteiger partial charge < -0.3 is 16.2 Å². The Hall–Kier alpha value is -1.33. The molecule has 2 rings (SSSR count). The van der Waals surface area contributed by atoms with Crippen LogP contribution in [-0.4, -0.2) is 18.2 Å². The number of benzene rings is 2. The molecule has 0 saturated carbocycles. The summed E-state index contributed by atoms with van der Waals surface area (Å²) in [6.07, 6.45) is 1.03. The van der Waals surface area contributed by atoms with Crippen LogP contribution in [-0.2, 0) is 6.42 Å². The van der Waals surface area contributed by atoms with Gasteiger partial charge in [0, 0.05) is 6.54 Å². The highest BCUT2D eigenvalue weighted by atomic mass is 35.5. The highest BCUT2D eigenvalue weighted by Crippen LogP contribution is 2.31. The highest BCUT2D eigenvalue weighted by molar-refractivity contribution is 6.38. The quantitative estimate of drug-likeness (QED) is 0.519. The van der Waals surface area contributed by atoms with E-state index in [1.54, 1.807) is 24.3 Å². The summed E-state index contributed by atoms with van der Waals surface area (Å²) in [5.41, 5.74) is 7.70. The molecule has 124 valence electrons. The van der Waals surface area contributed by atoms with Crippen molar-refractivity contribution in [3.05, 3.63) is 63.4 Å². The number of nitrogens with one attached hydrogen (secondary N) is 1. The number of halogens is 3. The SMILES string of the molecule is Nc1c(Cl)cc(C(O)CNCCCc2ccc(F)cc2)cc1Cl. The maximum Gasteiger partial charge on any atom is 0.123 e. The molecular weight excluding hydrogens is 338 g/mol. The van der Waals surface area contributed by atoms with Gasteiger partial charge in [-0.3, -0.25) is 0 Å². The topological polar surface area (TPSA) is 58.3 Å². The smallest absolute Gasteiger partial charge is 0.123 e. The van der Waals surface area contributed by atoms with Gasteiger partial charge in [0.25, 0.3) is 0 Å². The number of aliphatic hydroxyl groups excluding tert-OH is 1. The first-order valence-electron chi connectivity index (χ1n) is 7.35. The summed E-state index contributed by atoms with van der Waals surface area (Å²) in [7, 11) is 0. The fourth-order valence-electron chi connectivity index (χ4n) is 2.22. The van der Waals surface area contributed by atoms with Crippen LogP contribution >= 0.6 is 23.2 Å². The third kappa shape index (κ3) is 5.36. The monoisotopic (exact) mass is 356 g/mol. The number of aliphatic hydroxyl groups is 1. The summed E-state index contributed by atoms with van der Waals surface area (Å²) in [5, 5.41) is 14.0. The van der Waals surface area contributed by atoms with Gasteiger partial charge in [0.2, 0.25) is 0 Å². The summed E-state index contributed by atoms with van der Waals surface area (Å²) < 4.78 is 12.8. The molecule has 1 unspecified atom stereocenters. The number of hydrogen-bond acceptors (Lipinski definition) is 3. The fourth-order valence-corrected chi connectivity index (χ4v) is 2.73. The Morgan fingerprint density at radius 1 is 1.13 bits per heavy atom. The molecule has 0 bridgehead atoms. The average Bonchev–Trinajstić information content (AvgIpc) is 2.53. The first-order valence-corrected chi connectivity index (χ1v) is 8.10. The Kier molecular flexibility index (Phi) is 6.66. The second-order valence-corrected chi connectivity index (χ2v) is 6.16. The third-order valence-electron chi connectivity index (χ3n) is 3.56. The van der Waals surface area contributed by atoms with E-state index in [0.717, 1.165) is 24.9 Å². The van der Waals surface area contributed by atoms with Crippen LogP contribution in [0.4, 0.5) is 10.1 Å². The van der Waals surface area contributed by atoms with Gasteiger partial charge in [-0.15, -0.1) is 0 Å². The van der Waals surface area contributed by atoms with Gasteiger partial charge >= 0.3 is 0 Å². The van der Waals surface area contributed by atoms with Crippen molar-refractivity contribution in [2.24, 2.45) is 0 Å². The first-order chi connectivity index (χ1) is 11.0. The molecule has 0 aliphatic heterocycles. The molecule has 0 aromatic heterocycles. The number of nitrogen functional groups attached to an aromatic ring is 1. The average molecular weight is 357 g/mol. The van der Waals surface area contributed by atoms with Gasteiger partial charge in [-0.2, -0.15) is 0 Å². The molecular formula is C17H19Cl2FN2O. The number of rotatable bonds is 7. The molecule has 2 aromatic carbocycles. The molecule has 1 atom stereocenters. The summed E-state index contributed by atoms with van der Waals surface area (Å²) in [4.78, 5) is 0. The molecule has 23 heavy (non-hydrogen) atoms. The number of nitrogens with two attached hydrogens (primary N) is 1. The number of anilines is 1. The Labute approximate surface area is 145 Å². The molecule has 0 spiro atoms. The van der Waals surface area contributed by atoms with Crippen molar-refractivity contribution in [3.63, 3.8) is 0 Å². The van der Waals surface area contributed by atoms with Gasteiger partial charge in [0.1, 0.15) is 5.82 Å². The molecule has 4 N–H and O–H groups in total. The van der Waals surface area contributed by atoms with E-state index >= 15 is 0 Å². The summed E-state index contributed by atoms with van der Waals surface area (Å²) in [6.45, 7) is 1.13. The molecule has 0 fully saturated rings. The van der Waals surface area contributed by atoms with Gasteiger partial charge in [0.15, 0.2) is 0 Å². The van der Waals surface area contributed by atoms with Crippen molar-refractivity contribution in [1.29, 1.82) is 0 Å². The van der Waals surface area contributed by atoms with E-state index in [1.807, 2.05) is 0 Å². The lowest BCUT2D eigenvalue weighted by Crippen LogP contribution is -2.23. The van der Waals surface area contributed by atoms with Gasteiger partial charge in [-0.1, -0.05) is 35.3 Å². The molecule has 0 aliphatic carbocycles. The molecule has 2 aromatic rings. The maximum absolute atomic E-state index is 12.8. The zero-order valence-corrected chi connectivity index (χ0v) is 14.0.